The summed E-state index contributed by atoms with van der Waals surface area (Å²) < 4.78 is 0. The highest BCUT2D eigenvalue weighted by molar-refractivity contribution is 8.00. The summed E-state index contributed by atoms with van der Waals surface area (Å²) in [5.74, 6) is 0.977. The molecule has 0 saturated carbocycles. The molecule has 0 aliphatic rings. The molecule has 1 rings (SSSR count). The smallest absolute Gasteiger partial charge is 0.0232 e. The van der Waals surface area contributed by atoms with Crippen LogP contribution in [0.15, 0.2) is 36.9 Å². The van der Waals surface area contributed by atoms with Gasteiger partial charge in [0.15, 0.2) is 0 Å². The van der Waals surface area contributed by atoms with E-state index in [1.54, 1.807) is 11.8 Å². The molecular weight excluding hydrogens is 140 g/mol. The van der Waals surface area contributed by atoms with Gasteiger partial charge in [-0.1, -0.05) is 36.9 Å². The van der Waals surface area contributed by atoms with E-state index < -0.39 is 0 Å². The van der Waals surface area contributed by atoms with E-state index in [9.17, 15) is 0 Å². The maximum absolute atomic E-state index is 3.51. The van der Waals surface area contributed by atoms with E-state index in [0.717, 1.165) is 5.75 Å². The Hall–Kier alpha value is -0.690. The molecule has 1 radical (unpaired) electrons. The van der Waals surface area contributed by atoms with Crippen LogP contribution in [0.2, 0.25) is 0 Å². The maximum Gasteiger partial charge on any atom is 0.0232 e. The van der Waals surface area contributed by atoms with Crippen molar-refractivity contribution in [3.05, 3.63) is 47.9 Å². The zero-order valence-electron chi connectivity index (χ0n) is 5.71. The Bertz CT molecular complexity index is 191. The second-order valence-corrected chi connectivity index (χ2v) is 2.78. The number of benzene rings is 1. The quantitative estimate of drug-likeness (QED) is 0.636. The Kier molecular flexibility index (Phi) is 3.10. The van der Waals surface area contributed by atoms with Gasteiger partial charge in [0.2, 0.25) is 0 Å². The van der Waals surface area contributed by atoms with Crippen LogP contribution < -0.4 is 0 Å². The van der Waals surface area contributed by atoms with Gasteiger partial charge >= 0.3 is 0 Å². The normalized spacial score (nSPS) is 9.20. The van der Waals surface area contributed by atoms with Gasteiger partial charge in [-0.15, -0.1) is 11.8 Å². The summed E-state index contributed by atoms with van der Waals surface area (Å²) in [5, 5.41) is 2.78. The zero-order chi connectivity index (χ0) is 7.23. The molecule has 0 heterocycles. The maximum atomic E-state index is 3.51. The first kappa shape index (κ1) is 7.42. The molecular formula is C9H9S. The van der Waals surface area contributed by atoms with Crippen LogP contribution in [0.4, 0.5) is 0 Å². The monoisotopic (exact) mass is 149 g/mol. The van der Waals surface area contributed by atoms with Crippen molar-refractivity contribution < 1.29 is 0 Å². The second kappa shape index (κ2) is 4.18. The van der Waals surface area contributed by atoms with Crippen molar-refractivity contribution in [2.45, 2.75) is 5.75 Å². The molecule has 1 aromatic carbocycles. The van der Waals surface area contributed by atoms with Gasteiger partial charge in [0, 0.05) is 11.2 Å². The third-order valence-corrected chi connectivity index (χ3v) is 1.87. The molecule has 0 aromatic heterocycles. The summed E-state index contributed by atoms with van der Waals surface area (Å²) >= 11 is 1.60. The minimum Gasteiger partial charge on any atom is -0.121 e. The summed E-state index contributed by atoms with van der Waals surface area (Å²) in [6.45, 7) is 3.51. The van der Waals surface area contributed by atoms with Crippen molar-refractivity contribution in [2.24, 2.45) is 0 Å². The lowest BCUT2D eigenvalue weighted by atomic mass is 10.2. The van der Waals surface area contributed by atoms with Gasteiger partial charge < -0.3 is 0 Å². The van der Waals surface area contributed by atoms with Crippen LogP contribution in [0, 0.1) is 5.41 Å². The third-order valence-electron chi connectivity index (χ3n) is 1.18. The molecule has 0 amide bonds. The fraction of sp³-hybridized carbons (Fsp3) is 0.111. The Morgan fingerprint density at radius 2 is 2.00 bits per heavy atom. The summed E-state index contributed by atoms with van der Waals surface area (Å²) in [5.41, 5.74) is 1.32. The first-order valence-corrected chi connectivity index (χ1v) is 4.10. The first-order chi connectivity index (χ1) is 4.93. The van der Waals surface area contributed by atoms with Crippen LogP contribution in [-0.2, 0) is 5.75 Å². The SMILES string of the molecule is C=[C]SCc1ccccc1. The van der Waals surface area contributed by atoms with Crippen LogP contribution in [0.25, 0.3) is 0 Å². The molecule has 0 saturated heterocycles. The molecule has 1 heteroatoms. The molecule has 0 aliphatic heterocycles. The predicted octanol–water partition coefficient (Wildman–Crippen LogP) is 2.87. The molecule has 0 nitrogen and oxygen atoms in total. The van der Waals surface area contributed by atoms with Gasteiger partial charge in [-0.25, -0.2) is 0 Å². The van der Waals surface area contributed by atoms with Crippen molar-refractivity contribution in [2.75, 3.05) is 0 Å². The zero-order valence-corrected chi connectivity index (χ0v) is 6.53. The molecule has 1 aromatic rings. The minimum atomic E-state index is 0.977. The van der Waals surface area contributed by atoms with Crippen LogP contribution in [0.3, 0.4) is 0 Å². The number of rotatable bonds is 3. The van der Waals surface area contributed by atoms with Crippen molar-refractivity contribution >= 4 is 11.8 Å². The highest BCUT2D eigenvalue weighted by Crippen LogP contribution is 2.10. The average Bonchev–Trinajstić information content (AvgIpc) is 2.03. The van der Waals surface area contributed by atoms with Gasteiger partial charge in [-0.2, -0.15) is 0 Å². The summed E-state index contributed by atoms with van der Waals surface area (Å²) in [6, 6.07) is 10.3. The van der Waals surface area contributed by atoms with Crippen molar-refractivity contribution in [3.8, 4) is 0 Å². The van der Waals surface area contributed by atoms with E-state index >= 15 is 0 Å². The number of hydrogen-bond acceptors (Lipinski definition) is 1. The molecule has 10 heavy (non-hydrogen) atoms. The fourth-order valence-electron chi connectivity index (χ4n) is 0.709. The van der Waals surface area contributed by atoms with Gasteiger partial charge in [0.05, 0.1) is 0 Å². The van der Waals surface area contributed by atoms with Crippen LogP contribution in [-0.4, -0.2) is 0 Å². The van der Waals surface area contributed by atoms with Crippen molar-refractivity contribution in [3.63, 3.8) is 0 Å². The lowest BCUT2D eigenvalue weighted by Crippen LogP contribution is -1.74. The standard InChI is InChI=1S/C9H9S/c1-2-10-8-9-6-4-3-5-7-9/h3-7H,1,8H2. The molecule has 0 unspecified atom stereocenters. The van der Waals surface area contributed by atoms with Crippen LogP contribution in [0.5, 0.6) is 0 Å². The van der Waals surface area contributed by atoms with Gasteiger partial charge in [0.1, 0.15) is 0 Å². The Morgan fingerprint density at radius 3 is 2.60 bits per heavy atom. The summed E-state index contributed by atoms with van der Waals surface area (Å²) in [6.07, 6.45) is 0. The largest absolute Gasteiger partial charge is 0.121 e. The molecule has 0 atom stereocenters. The van der Waals surface area contributed by atoms with Crippen molar-refractivity contribution in [1.29, 1.82) is 0 Å². The van der Waals surface area contributed by atoms with Crippen LogP contribution >= 0.6 is 11.8 Å². The van der Waals surface area contributed by atoms with E-state index in [0.29, 0.717) is 0 Å². The molecule has 0 bridgehead atoms. The highest BCUT2D eigenvalue weighted by Gasteiger charge is 1.86. The average molecular weight is 149 g/mol. The van der Waals surface area contributed by atoms with E-state index in [1.165, 1.54) is 5.56 Å². The van der Waals surface area contributed by atoms with Crippen molar-refractivity contribution in [1.82, 2.24) is 0 Å². The summed E-state index contributed by atoms with van der Waals surface area (Å²) in [4.78, 5) is 0. The first-order valence-electron chi connectivity index (χ1n) is 3.11. The fourth-order valence-corrected chi connectivity index (χ4v) is 1.17. The van der Waals surface area contributed by atoms with E-state index in [1.807, 2.05) is 18.2 Å². The van der Waals surface area contributed by atoms with E-state index in [-0.39, 0.29) is 0 Å². The van der Waals surface area contributed by atoms with E-state index in [4.69, 9.17) is 0 Å². The number of hydrogen-bond donors (Lipinski definition) is 0. The lowest BCUT2D eigenvalue weighted by molar-refractivity contribution is 1.42. The molecule has 0 N–H and O–H groups in total. The Labute approximate surface area is 66.0 Å². The predicted molar refractivity (Wildman–Crippen MR) is 46.6 cm³/mol. The molecule has 0 aliphatic carbocycles. The van der Waals surface area contributed by atoms with Gasteiger partial charge in [-0.3, -0.25) is 0 Å². The van der Waals surface area contributed by atoms with Crippen LogP contribution in [0.1, 0.15) is 5.56 Å². The van der Waals surface area contributed by atoms with E-state index in [2.05, 4.69) is 24.1 Å². The highest BCUT2D eigenvalue weighted by atomic mass is 32.2. The Morgan fingerprint density at radius 1 is 1.30 bits per heavy atom. The minimum absolute atomic E-state index is 0.977. The lowest BCUT2D eigenvalue weighted by Gasteiger charge is -1.94. The molecule has 0 fully saturated rings. The van der Waals surface area contributed by atoms with Gasteiger partial charge in [-0.05, 0) is 5.56 Å². The third kappa shape index (κ3) is 2.28. The summed E-state index contributed by atoms with van der Waals surface area (Å²) in [7, 11) is 0. The molecule has 0 spiro atoms. The van der Waals surface area contributed by atoms with Gasteiger partial charge in [0.25, 0.3) is 0 Å². The molecule has 51 valence electrons. The second-order valence-electron chi connectivity index (χ2n) is 1.92. The topological polar surface area (TPSA) is 0 Å². The Balaban J connectivity index is 2.50. The number of thioether (sulfide) groups is 1.